The first-order valence-electron chi connectivity index (χ1n) is 14.6. The molecule has 3 heterocycles. The van der Waals surface area contributed by atoms with E-state index < -0.39 is 6.04 Å². The molecule has 0 unspecified atom stereocenters. The Morgan fingerprint density at radius 2 is 1.82 bits per heavy atom. The average Bonchev–Trinajstić information content (AvgIpc) is 3.78. The summed E-state index contributed by atoms with van der Waals surface area (Å²) >= 11 is 6.09. The molecule has 2 aliphatic heterocycles. The third-order valence-corrected chi connectivity index (χ3v) is 8.71. The number of likely N-dealkylation sites (tertiary alicyclic amines) is 1. The van der Waals surface area contributed by atoms with Crippen LogP contribution >= 0.6 is 11.6 Å². The highest BCUT2D eigenvalue weighted by molar-refractivity contribution is 6.30. The van der Waals surface area contributed by atoms with E-state index in [-0.39, 0.29) is 11.9 Å². The van der Waals surface area contributed by atoms with Gasteiger partial charge in [-0.05, 0) is 56.7 Å². The van der Waals surface area contributed by atoms with E-state index in [0.29, 0.717) is 28.8 Å². The van der Waals surface area contributed by atoms with Gasteiger partial charge in [0.15, 0.2) is 0 Å². The number of ether oxygens (including phenoxy) is 1. The minimum Gasteiger partial charge on any atom is -0.468 e. The summed E-state index contributed by atoms with van der Waals surface area (Å²) in [7, 11) is 1.45. The Balaban J connectivity index is 1.22. The van der Waals surface area contributed by atoms with Crippen molar-refractivity contribution in [2.24, 2.45) is 0 Å². The number of hydrogen-bond acceptors (Lipinski definition) is 8. The fourth-order valence-electron chi connectivity index (χ4n) is 6.24. The molecule has 0 spiro atoms. The molecule has 0 radical (unpaired) electrons. The van der Waals surface area contributed by atoms with Crippen LogP contribution in [0.25, 0.3) is 0 Å². The highest BCUT2D eigenvalue weighted by atomic mass is 35.5. The Hall–Kier alpha value is -2.75. The number of nitrogens with one attached hydrogen (secondary N) is 1. The number of aryl methyl sites for hydroxylation is 1. The Kier molecular flexibility index (Phi) is 9.23. The van der Waals surface area contributed by atoms with Gasteiger partial charge in [0.2, 0.25) is 0 Å². The number of nitrogens with zero attached hydrogens (tertiary/aromatic N) is 5. The van der Waals surface area contributed by atoms with Gasteiger partial charge in [-0.15, -0.1) is 0 Å². The summed E-state index contributed by atoms with van der Waals surface area (Å²) in [5, 5.41) is 3.65. The highest BCUT2D eigenvalue weighted by Gasteiger charge is 2.37. The molecule has 3 fully saturated rings. The highest BCUT2D eigenvalue weighted by Crippen LogP contribution is 2.31. The van der Waals surface area contributed by atoms with Gasteiger partial charge in [0.1, 0.15) is 17.6 Å². The van der Waals surface area contributed by atoms with Gasteiger partial charge >= 0.3 is 5.97 Å². The number of piperazine rings is 1. The van der Waals surface area contributed by atoms with Crippen LogP contribution < -0.4 is 10.2 Å². The van der Waals surface area contributed by atoms with Crippen molar-refractivity contribution in [2.75, 3.05) is 44.7 Å². The fourth-order valence-corrected chi connectivity index (χ4v) is 6.37. The standard InChI is InChI=1S/C30H41ClN6O3/c1-4-5-25-19-36(28-20(2)33-26(18-32-28)29(38)34-23-10-11-23)16-17-37(25)24-12-14-35(15-13-24)27(30(39)40-3)21-6-8-22(31)9-7-21/h6-9,18,23-25,27H,4-5,10-17,19H2,1-3H3,(H,34,38)/t25-,27+/m0/s1. The van der Waals surface area contributed by atoms with E-state index in [4.69, 9.17) is 21.3 Å². The lowest BCUT2D eigenvalue weighted by Crippen LogP contribution is -2.59. The van der Waals surface area contributed by atoms with Gasteiger partial charge in [-0.1, -0.05) is 37.1 Å². The lowest BCUT2D eigenvalue weighted by atomic mass is 9.95. The van der Waals surface area contributed by atoms with Crippen LogP contribution in [0.2, 0.25) is 5.02 Å². The molecule has 1 aromatic carbocycles. The normalized spacial score (nSPS) is 21.7. The number of benzene rings is 1. The minimum atomic E-state index is -0.414. The lowest BCUT2D eigenvalue weighted by molar-refractivity contribution is -0.148. The van der Waals surface area contributed by atoms with Crippen LogP contribution in [0.4, 0.5) is 5.82 Å². The van der Waals surface area contributed by atoms with E-state index >= 15 is 0 Å². The first-order valence-corrected chi connectivity index (χ1v) is 15.0. The zero-order chi connectivity index (χ0) is 28.2. The second kappa shape index (κ2) is 12.8. The summed E-state index contributed by atoms with van der Waals surface area (Å²) in [6.07, 6.45) is 7.95. The first kappa shape index (κ1) is 28.8. The smallest absolute Gasteiger partial charge is 0.327 e. The molecule has 1 aromatic heterocycles. The molecule has 0 bridgehead atoms. The fraction of sp³-hybridized carbons (Fsp3) is 0.600. The van der Waals surface area contributed by atoms with Gasteiger partial charge in [-0.25, -0.2) is 14.8 Å². The number of piperidine rings is 1. The van der Waals surface area contributed by atoms with Crippen molar-refractivity contribution in [2.45, 2.75) is 76.5 Å². The van der Waals surface area contributed by atoms with Gasteiger partial charge in [-0.3, -0.25) is 14.6 Å². The molecule has 9 nitrogen and oxygen atoms in total. The third-order valence-electron chi connectivity index (χ3n) is 8.46. The summed E-state index contributed by atoms with van der Waals surface area (Å²) in [5.41, 5.74) is 2.11. The van der Waals surface area contributed by atoms with E-state index in [1.54, 1.807) is 6.20 Å². The summed E-state index contributed by atoms with van der Waals surface area (Å²) in [4.78, 5) is 41.8. The molecule has 10 heteroatoms. The van der Waals surface area contributed by atoms with Crippen LogP contribution in [0.3, 0.4) is 0 Å². The molecule has 40 heavy (non-hydrogen) atoms. The molecule has 1 aliphatic carbocycles. The van der Waals surface area contributed by atoms with Crippen molar-refractivity contribution in [1.82, 2.24) is 25.1 Å². The molecule has 2 aromatic rings. The Bertz CT molecular complexity index is 1180. The number of rotatable bonds is 9. The van der Waals surface area contributed by atoms with Crippen molar-refractivity contribution in [3.8, 4) is 0 Å². The van der Waals surface area contributed by atoms with Crippen LogP contribution in [0.1, 0.15) is 73.2 Å². The topological polar surface area (TPSA) is 90.9 Å². The van der Waals surface area contributed by atoms with Crippen molar-refractivity contribution < 1.29 is 14.3 Å². The second-order valence-corrected chi connectivity index (χ2v) is 11.7. The molecule has 216 valence electrons. The molecular weight excluding hydrogens is 528 g/mol. The van der Waals surface area contributed by atoms with Crippen LogP contribution in [0.5, 0.6) is 0 Å². The maximum absolute atomic E-state index is 12.8. The number of halogens is 1. The molecule has 1 amide bonds. The predicted octanol–water partition coefficient (Wildman–Crippen LogP) is 4.00. The van der Waals surface area contributed by atoms with E-state index in [0.717, 1.165) is 88.3 Å². The van der Waals surface area contributed by atoms with E-state index in [9.17, 15) is 9.59 Å². The van der Waals surface area contributed by atoms with E-state index in [1.165, 1.54) is 7.11 Å². The van der Waals surface area contributed by atoms with Crippen molar-refractivity contribution in [3.63, 3.8) is 0 Å². The number of methoxy groups -OCH3 is 1. The number of hydrogen-bond donors (Lipinski definition) is 1. The number of carbonyl (C=O) groups excluding carboxylic acids is 2. The maximum atomic E-state index is 12.8. The number of esters is 1. The average molecular weight is 569 g/mol. The van der Waals surface area contributed by atoms with Crippen molar-refractivity contribution in [3.05, 3.63) is 52.4 Å². The van der Waals surface area contributed by atoms with Gasteiger partial charge < -0.3 is 15.0 Å². The number of anilines is 1. The molecule has 5 rings (SSSR count). The van der Waals surface area contributed by atoms with Crippen molar-refractivity contribution >= 4 is 29.3 Å². The van der Waals surface area contributed by atoms with Crippen molar-refractivity contribution in [1.29, 1.82) is 0 Å². The van der Waals surface area contributed by atoms with Crippen LogP contribution in [-0.4, -0.2) is 89.6 Å². The quantitative estimate of drug-likeness (QED) is 0.454. The molecule has 3 aliphatic rings. The molecule has 2 atom stereocenters. The Labute approximate surface area is 242 Å². The molecule has 1 N–H and O–H groups in total. The predicted molar refractivity (Wildman–Crippen MR) is 156 cm³/mol. The largest absolute Gasteiger partial charge is 0.468 e. The maximum Gasteiger partial charge on any atom is 0.327 e. The van der Waals surface area contributed by atoms with Gasteiger partial charge in [-0.2, -0.15) is 0 Å². The van der Waals surface area contributed by atoms with E-state index in [1.807, 2.05) is 31.2 Å². The zero-order valence-electron chi connectivity index (χ0n) is 23.8. The van der Waals surface area contributed by atoms with Gasteiger partial charge in [0.25, 0.3) is 5.91 Å². The molecule has 2 saturated heterocycles. The second-order valence-electron chi connectivity index (χ2n) is 11.3. The van der Waals surface area contributed by atoms with Gasteiger partial charge in [0.05, 0.1) is 19.0 Å². The minimum absolute atomic E-state index is 0.129. The summed E-state index contributed by atoms with van der Waals surface area (Å²) in [6.45, 7) is 8.59. The summed E-state index contributed by atoms with van der Waals surface area (Å²) < 4.78 is 5.18. The van der Waals surface area contributed by atoms with E-state index in [2.05, 4.69) is 31.9 Å². The van der Waals surface area contributed by atoms with Gasteiger partial charge in [0, 0.05) is 55.9 Å². The lowest BCUT2D eigenvalue weighted by Gasteiger charge is -2.48. The SMILES string of the molecule is CCC[C@H]1CN(c2ncc(C(=O)NC3CC3)nc2C)CCN1C1CCN([C@@H](C(=O)OC)c2ccc(Cl)cc2)CC1. The Morgan fingerprint density at radius 3 is 2.45 bits per heavy atom. The molecule has 1 saturated carbocycles. The summed E-state index contributed by atoms with van der Waals surface area (Å²) in [6, 6.07) is 8.28. The third kappa shape index (κ3) is 6.58. The number of amides is 1. The Morgan fingerprint density at radius 1 is 1.10 bits per heavy atom. The number of aromatic nitrogens is 2. The first-order chi connectivity index (χ1) is 19.4. The molecular formula is C30H41ClN6O3. The van der Waals surface area contributed by atoms with Crippen LogP contribution in [-0.2, 0) is 9.53 Å². The van der Waals surface area contributed by atoms with Crippen LogP contribution in [0, 0.1) is 6.92 Å². The summed E-state index contributed by atoms with van der Waals surface area (Å²) in [5.74, 6) is 0.517. The monoisotopic (exact) mass is 568 g/mol. The number of carbonyl (C=O) groups is 2. The zero-order valence-corrected chi connectivity index (χ0v) is 24.6. The van der Waals surface area contributed by atoms with Crippen LogP contribution in [0.15, 0.2) is 30.5 Å².